The van der Waals surface area contributed by atoms with Crippen LogP contribution in [0, 0.1) is 0 Å². The summed E-state index contributed by atoms with van der Waals surface area (Å²) in [6.07, 6.45) is 2.98. The molecule has 0 bridgehead atoms. The van der Waals surface area contributed by atoms with Crippen LogP contribution in [0.5, 0.6) is 5.75 Å². The number of nitrogens with zero attached hydrogens (tertiary/aromatic N) is 2. The number of thioether (sulfide) groups is 1. The first-order valence-corrected chi connectivity index (χ1v) is 9.72. The zero-order valence-corrected chi connectivity index (χ0v) is 15.1. The highest BCUT2D eigenvalue weighted by Crippen LogP contribution is 2.34. The highest BCUT2D eigenvalue weighted by Gasteiger charge is 2.23. The van der Waals surface area contributed by atoms with Crippen molar-refractivity contribution in [1.82, 2.24) is 15.5 Å². The summed E-state index contributed by atoms with van der Waals surface area (Å²) in [6, 6.07) is 7.73. The lowest BCUT2D eigenvalue weighted by molar-refractivity contribution is -0.120. The molecule has 0 radical (unpaired) electrons. The van der Waals surface area contributed by atoms with Crippen LogP contribution in [-0.4, -0.2) is 34.5 Å². The summed E-state index contributed by atoms with van der Waals surface area (Å²) in [5.74, 6) is 0.886. The summed E-state index contributed by atoms with van der Waals surface area (Å²) in [4.78, 5) is 12.0. The van der Waals surface area contributed by atoms with Gasteiger partial charge in [-0.25, -0.2) is 0 Å². The minimum absolute atomic E-state index is 0.0796. The molecule has 1 fully saturated rings. The summed E-state index contributed by atoms with van der Waals surface area (Å²) < 4.78 is 6.40. The van der Waals surface area contributed by atoms with Crippen LogP contribution in [0.2, 0.25) is 0 Å². The Balaban J connectivity index is 1.66. The lowest BCUT2D eigenvalue weighted by atomic mass is 10.2. The minimum atomic E-state index is -0.0796. The Kier molecular flexibility index (Phi) is 5.92. The van der Waals surface area contributed by atoms with Crippen LogP contribution in [0.3, 0.4) is 0 Å². The molecule has 0 aliphatic carbocycles. The van der Waals surface area contributed by atoms with Gasteiger partial charge in [0.2, 0.25) is 11.0 Å². The van der Waals surface area contributed by atoms with Crippen LogP contribution in [0.4, 0.5) is 10.8 Å². The number of carbonyl (C=O) groups excluding carboxylic acids is 1. The first-order valence-electron chi connectivity index (χ1n) is 8.03. The van der Waals surface area contributed by atoms with E-state index in [-0.39, 0.29) is 11.2 Å². The number of nitrogens with one attached hydrogen (secondary N) is 2. The molecule has 2 heterocycles. The van der Waals surface area contributed by atoms with Crippen molar-refractivity contribution >= 4 is 39.8 Å². The van der Waals surface area contributed by atoms with E-state index in [1.165, 1.54) is 23.1 Å². The van der Waals surface area contributed by atoms with E-state index in [4.69, 9.17) is 4.74 Å². The lowest BCUT2D eigenvalue weighted by Crippen LogP contribution is -2.30. The Morgan fingerprint density at radius 1 is 1.38 bits per heavy atom. The fraction of sp³-hybridized carbons (Fsp3) is 0.438. The number of amides is 1. The van der Waals surface area contributed by atoms with Gasteiger partial charge in [-0.1, -0.05) is 41.7 Å². The number of para-hydroxylation sites is 2. The average Bonchev–Trinajstić information content (AvgIpc) is 2.92. The van der Waals surface area contributed by atoms with Gasteiger partial charge in [0, 0.05) is 6.54 Å². The molecule has 1 aliphatic rings. The first-order chi connectivity index (χ1) is 11.8. The SMILES string of the molecule is CCOc1ccccc1Nc1nnc(SC2CCCCNC2=O)s1. The summed E-state index contributed by atoms with van der Waals surface area (Å²) >= 11 is 2.94. The van der Waals surface area contributed by atoms with Gasteiger partial charge in [0.05, 0.1) is 17.5 Å². The summed E-state index contributed by atoms with van der Waals surface area (Å²) in [7, 11) is 0. The minimum Gasteiger partial charge on any atom is -0.492 e. The van der Waals surface area contributed by atoms with E-state index >= 15 is 0 Å². The summed E-state index contributed by atoms with van der Waals surface area (Å²) in [6.45, 7) is 3.33. The van der Waals surface area contributed by atoms with E-state index in [0.717, 1.165) is 41.6 Å². The second-order valence-corrected chi connectivity index (χ2v) is 7.75. The van der Waals surface area contributed by atoms with Crippen molar-refractivity contribution in [3.63, 3.8) is 0 Å². The zero-order chi connectivity index (χ0) is 16.8. The molecule has 1 saturated heterocycles. The van der Waals surface area contributed by atoms with Crippen LogP contribution in [-0.2, 0) is 4.79 Å². The molecule has 1 aromatic heterocycles. The monoisotopic (exact) mass is 364 g/mol. The number of hydrogen-bond acceptors (Lipinski definition) is 7. The van der Waals surface area contributed by atoms with Crippen LogP contribution in [0.1, 0.15) is 26.2 Å². The average molecular weight is 364 g/mol. The lowest BCUT2D eigenvalue weighted by Gasteiger charge is -2.10. The smallest absolute Gasteiger partial charge is 0.233 e. The Morgan fingerprint density at radius 2 is 2.25 bits per heavy atom. The van der Waals surface area contributed by atoms with Crippen LogP contribution in [0.25, 0.3) is 0 Å². The van der Waals surface area contributed by atoms with Crippen LogP contribution >= 0.6 is 23.1 Å². The molecule has 1 amide bonds. The van der Waals surface area contributed by atoms with Gasteiger partial charge in [0.15, 0.2) is 4.34 Å². The zero-order valence-electron chi connectivity index (χ0n) is 13.4. The van der Waals surface area contributed by atoms with Crippen molar-refractivity contribution in [1.29, 1.82) is 0 Å². The predicted molar refractivity (Wildman–Crippen MR) is 97.3 cm³/mol. The number of ether oxygens (including phenoxy) is 1. The summed E-state index contributed by atoms with van der Waals surface area (Å²) in [5.41, 5.74) is 0.860. The van der Waals surface area contributed by atoms with Crippen LogP contribution in [0.15, 0.2) is 28.6 Å². The maximum Gasteiger partial charge on any atom is 0.233 e. The number of rotatable bonds is 6. The normalized spacial score (nSPS) is 17.9. The quantitative estimate of drug-likeness (QED) is 0.818. The van der Waals surface area contributed by atoms with Crippen molar-refractivity contribution in [3.05, 3.63) is 24.3 Å². The molecule has 6 nitrogen and oxygen atoms in total. The molecule has 1 atom stereocenters. The first kappa shape index (κ1) is 17.0. The second kappa shape index (κ2) is 8.34. The molecule has 1 aliphatic heterocycles. The van der Waals surface area contributed by atoms with E-state index < -0.39 is 0 Å². The highest BCUT2D eigenvalue weighted by molar-refractivity contribution is 8.02. The van der Waals surface area contributed by atoms with Gasteiger partial charge in [0.25, 0.3) is 0 Å². The van der Waals surface area contributed by atoms with Gasteiger partial charge < -0.3 is 15.4 Å². The largest absolute Gasteiger partial charge is 0.492 e. The van der Waals surface area contributed by atoms with Gasteiger partial charge >= 0.3 is 0 Å². The molecule has 2 N–H and O–H groups in total. The predicted octanol–water partition coefficient (Wildman–Crippen LogP) is 3.44. The van der Waals surface area contributed by atoms with Crippen molar-refractivity contribution < 1.29 is 9.53 Å². The van der Waals surface area contributed by atoms with Crippen molar-refractivity contribution in [2.24, 2.45) is 0 Å². The highest BCUT2D eigenvalue weighted by atomic mass is 32.2. The third-order valence-electron chi connectivity index (χ3n) is 3.56. The van der Waals surface area contributed by atoms with Crippen molar-refractivity contribution in [2.45, 2.75) is 35.8 Å². The molecule has 1 unspecified atom stereocenters. The van der Waals surface area contributed by atoms with Gasteiger partial charge in [-0.15, -0.1) is 10.2 Å². The van der Waals surface area contributed by atoms with E-state index in [1.54, 1.807) is 0 Å². The number of hydrogen-bond donors (Lipinski definition) is 2. The molecule has 24 heavy (non-hydrogen) atoms. The fourth-order valence-corrected chi connectivity index (χ4v) is 4.49. The van der Waals surface area contributed by atoms with E-state index in [9.17, 15) is 4.79 Å². The van der Waals surface area contributed by atoms with E-state index in [1.807, 2.05) is 31.2 Å². The van der Waals surface area contributed by atoms with Crippen LogP contribution < -0.4 is 15.4 Å². The number of benzene rings is 1. The Morgan fingerprint density at radius 3 is 3.12 bits per heavy atom. The molecule has 3 rings (SSSR count). The Labute approximate surface area is 149 Å². The van der Waals surface area contributed by atoms with Gasteiger partial charge in [-0.05, 0) is 31.9 Å². The Hall–Kier alpha value is -1.80. The number of anilines is 2. The maximum absolute atomic E-state index is 12.0. The third kappa shape index (κ3) is 4.39. The standard InChI is InChI=1S/C16H20N4O2S2/c1-2-22-12-8-4-3-7-11(12)18-15-19-20-16(24-15)23-13-9-5-6-10-17-14(13)21/h3-4,7-8,13H,2,5-6,9-10H2,1H3,(H,17,21)(H,18,19). The van der Waals surface area contributed by atoms with E-state index in [0.29, 0.717) is 11.7 Å². The number of carbonyl (C=O) groups is 1. The van der Waals surface area contributed by atoms with E-state index in [2.05, 4.69) is 20.8 Å². The molecule has 0 spiro atoms. The molecule has 8 heteroatoms. The molecule has 2 aromatic rings. The topological polar surface area (TPSA) is 76.1 Å². The fourth-order valence-electron chi connectivity index (χ4n) is 2.42. The Bertz CT molecular complexity index is 692. The molecule has 1 aromatic carbocycles. The summed E-state index contributed by atoms with van der Waals surface area (Å²) in [5, 5.41) is 15.2. The van der Waals surface area contributed by atoms with Crippen molar-refractivity contribution in [3.8, 4) is 5.75 Å². The van der Waals surface area contributed by atoms with Gasteiger partial charge in [0.1, 0.15) is 5.75 Å². The molecular weight excluding hydrogens is 344 g/mol. The third-order valence-corrected chi connectivity index (χ3v) is 5.75. The molecule has 128 valence electrons. The number of aromatic nitrogens is 2. The maximum atomic E-state index is 12.0. The van der Waals surface area contributed by atoms with Gasteiger partial charge in [-0.2, -0.15) is 0 Å². The molecule has 0 saturated carbocycles. The second-order valence-electron chi connectivity index (χ2n) is 5.32. The van der Waals surface area contributed by atoms with Gasteiger partial charge in [-0.3, -0.25) is 4.79 Å². The molecular formula is C16H20N4O2S2. The van der Waals surface area contributed by atoms with Crippen molar-refractivity contribution in [2.75, 3.05) is 18.5 Å².